The second-order valence-electron chi connectivity index (χ2n) is 6.58. The van der Waals surface area contributed by atoms with Crippen LogP contribution in [-0.4, -0.2) is 36.2 Å². The largest absolute Gasteiger partial charge is 0.527 e. The highest BCUT2D eigenvalue weighted by Crippen LogP contribution is 2.44. The molecule has 2 N–H and O–H groups in total. The van der Waals surface area contributed by atoms with Gasteiger partial charge in [-0.3, -0.25) is 18.8 Å². The van der Waals surface area contributed by atoms with E-state index in [1.54, 1.807) is 60.7 Å². The predicted molar refractivity (Wildman–Crippen MR) is 123 cm³/mol. The normalized spacial score (nSPS) is 14.4. The standard InChI is InChI=1S/C22H24O10P2/c23-33(24,31-19-8-3-1-4-9-19)29-16-14-27-21-12-7-13-22(18-21)28-15-17-30-34(25,26)32-20-10-5-2-6-11-20/h1-13,18H,14-17H2,(H,23,24)(H,25,26). The topological polar surface area (TPSA) is 130 Å². The van der Waals surface area contributed by atoms with Gasteiger partial charge in [0.2, 0.25) is 0 Å². The van der Waals surface area contributed by atoms with Gasteiger partial charge in [-0.05, 0) is 36.4 Å². The van der Waals surface area contributed by atoms with Gasteiger partial charge in [0.15, 0.2) is 0 Å². The smallest absolute Gasteiger partial charge is 0.491 e. The average molecular weight is 510 g/mol. The summed E-state index contributed by atoms with van der Waals surface area (Å²) in [7, 11) is -8.54. The third kappa shape index (κ3) is 9.57. The molecule has 2 atom stereocenters. The molecule has 0 amide bonds. The fourth-order valence-electron chi connectivity index (χ4n) is 2.56. The lowest BCUT2D eigenvalue weighted by atomic mass is 10.3. The van der Waals surface area contributed by atoms with Crippen LogP contribution in [0.2, 0.25) is 0 Å². The first-order chi connectivity index (χ1) is 16.3. The zero-order valence-corrected chi connectivity index (χ0v) is 19.8. The molecule has 0 saturated carbocycles. The molecule has 3 aromatic rings. The van der Waals surface area contributed by atoms with Gasteiger partial charge in [0.1, 0.15) is 36.2 Å². The van der Waals surface area contributed by atoms with E-state index in [9.17, 15) is 18.9 Å². The quantitative estimate of drug-likeness (QED) is 0.230. The van der Waals surface area contributed by atoms with E-state index in [0.717, 1.165) is 0 Å². The van der Waals surface area contributed by atoms with Gasteiger partial charge in [-0.1, -0.05) is 42.5 Å². The molecule has 12 heteroatoms. The fourth-order valence-corrected chi connectivity index (χ4v) is 4.05. The van der Waals surface area contributed by atoms with Crippen molar-refractivity contribution in [1.82, 2.24) is 0 Å². The van der Waals surface area contributed by atoms with Crippen LogP contribution in [-0.2, 0) is 18.2 Å². The molecule has 0 aromatic heterocycles. The third-order valence-corrected chi connectivity index (χ3v) is 5.85. The zero-order chi connectivity index (χ0) is 24.3. The Labute approximate surface area is 196 Å². The Kier molecular flexibility index (Phi) is 9.53. The number of rotatable bonds is 14. The Bertz CT molecular complexity index is 1030. The van der Waals surface area contributed by atoms with Crippen molar-refractivity contribution in [3.05, 3.63) is 84.9 Å². The molecular formula is C22H24O10P2. The van der Waals surface area contributed by atoms with Crippen LogP contribution in [0.25, 0.3) is 0 Å². The van der Waals surface area contributed by atoms with Crippen molar-refractivity contribution >= 4 is 15.6 Å². The maximum Gasteiger partial charge on any atom is 0.527 e. The summed E-state index contributed by atoms with van der Waals surface area (Å²) in [5.74, 6) is 1.29. The molecule has 182 valence electrons. The minimum absolute atomic E-state index is 0.0141. The highest BCUT2D eigenvalue weighted by Gasteiger charge is 2.23. The Morgan fingerprint density at radius 1 is 0.529 bits per heavy atom. The molecule has 0 spiro atoms. The van der Waals surface area contributed by atoms with E-state index in [1.807, 2.05) is 0 Å². The van der Waals surface area contributed by atoms with Gasteiger partial charge >= 0.3 is 15.6 Å². The van der Waals surface area contributed by atoms with Crippen molar-refractivity contribution in [2.45, 2.75) is 0 Å². The van der Waals surface area contributed by atoms with Crippen LogP contribution < -0.4 is 18.5 Å². The summed E-state index contributed by atoms with van der Waals surface area (Å²) in [6.07, 6.45) is 0. The third-order valence-electron chi connectivity index (χ3n) is 3.95. The molecule has 0 saturated heterocycles. The Balaban J connectivity index is 1.36. The van der Waals surface area contributed by atoms with Gasteiger partial charge in [-0.25, -0.2) is 9.13 Å². The summed E-state index contributed by atoms with van der Waals surface area (Å²) in [5, 5.41) is 0. The van der Waals surface area contributed by atoms with E-state index in [-0.39, 0.29) is 37.9 Å². The number of para-hydroxylation sites is 2. The summed E-state index contributed by atoms with van der Waals surface area (Å²) in [6, 6.07) is 22.9. The van der Waals surface area contributed by atoms with Gasteiger partial charge in [0, 0.05) is 6.07 Å². The first-order valence-electron chi connectivity index (χ1n) is 10.1. The van der Waals surface area contributed by atoms with Crippen molar-refractivity contribution in [1.29, 1.82) is 0 Å². The number of ether oxygens (including phenoxy) is 2. The highest BCUT2D eigenvalue weighted by atomic mass is 31.2. The maximum absolute atomic E-state index is 11.9. The molecule has 0 aliphatic rings. The Hall–Kier alpha value is -2.84. The SMILES string of the molecule is O=P(O)(OCCOc1cccc(OCCOP(=O)(O)Oc2ccccc2)c1)Oc1ccccc1. The van der Waals surface area contributed by atoms with Crippen molar-refractivity contribution in [3.8, 4) is 23.0 Å². The van der Waals surface area contributed by atoms with Crippen LogP contribution in [0.5, 0.6) is 23.0 Å². The fraction of sp³-hybridized carbons (Fsp3) is 0.182. The van der Waals surface area contributed by atoms with Crippen LogP contribution >= 0.6 is 15.6 Å². The van der Waals surface area contributed by atoms with E-state index in [2.05, 4.69) is 0 Å². The lowest BCUT2D eigenvalue weighted by molar-refractivity contribution is 0.162. The van der Waals surface area contributed by atoms with Crippen LogP contribution in [0.4, 0.5) is 0 Å². The molecule has 3 rings (SSSR count). The van der Waals surface area contributed by atoms with E-state index in [1.165, 1.54) is 24.3 Å². The summed E-state index contributed by atoms with van der Waals surface area (Å²) < 4.78 is 54.5. The molecule has 3 aromatic carbocycles. The summed E-state index contributed by atoms with van der Waals surface area (Å²) in [5.41, 5.74) is 0. The average Bonchev–Trinajstić information content (AvgIpc) is 2.81. The van der Waals surface area contributed by atoms with Crippen LogP contribution in [0.15, 0.2) is 84.9 Å². The zero-order valence-electron chi connectivity index (χ0n) is 18.0. The number of phosphoric ester groups is 2. The molecule has 0 aliphatic heterocycles. The summed E-state index contributed by atoms with van der Waals surface area (Å²) in [6.45, 7) is -0.404. The summed E-state index contributed by atoms with van der Waals surface area (Å²) >= 11 is 0. The Morgan fingerprint density at radius 3 is 1.32 bits per heavy atom. The van der Waals surface area contributed by atoms with Gasteiger partial charge in [0.05, 0.1) is 13.2 Å². The van der Waals surface area contributed by atoms with E-state index >= 15 is 0 Å². The Morgan fingerprint density at radius 2 is 0.912 bits per heavy atom. The van der Waals surface area contributed by atoms with Crippen molar-refractivity contribution in [3.63, 3.8) is 0 Å². The first kappa shape index (κ1) is 25.8. The molecule has 0 bridgehead atoms. The molecule has 10 nitrogen and oxygen atoms in total. The lowest BCUT2D eigenvalue weighted by Gasteiger charge is -2.14. The second kappa shape index (κ2) is 12.6. The lowest BCUT2D eigenvalue weighted by Crippen LogP contribution is -2.09. The minimum Gasteiger partial charge on any atom is -0.491 e. The summed E-state index contributed by atoms with van der Waals surface area (Å²) in [4.78, 5) is 19.5. The van der Waals surface area contributed by atoms with E-state index in [0.29, 0.717) is 11.5 Å². The molecule has 0 aliphatic carbocycles. The van der Waals surface area contributed by atoms with E-state index in [4.69, 9.17) is 27.6 Å². The first-order valence-corrected chi connectivity index (χ1v) is 13.1. The number of benzene rings is 3. The monoisotopic (exact) mass is 510 g/mol. The van der Waals surface area contributed by atoms with E-state index < -0.39 is 15.6 Å². The van der Waals surface area contributed by atoms with Gasteiger partial charge in [-0.2, -0.15) is 0 Å². The number of phosphoric acid groups is 2. The number of hydrogen-bond donors (Lipinski definition) is 2. The molecule has 34 heavy (non-hydrogen) atoms. The maximum atomic E-state index is 11.9. The second-order valence-corrected chi connectivity index (χ2v) is 9.34. The molecule has 0 radical (unpaired) electrons. The minimum atomic E-state index is -4.27. The van der Waals surface area contributed by atoms with Crippen LogP contribution in [0, 0.1) is 0 Å². The van der Waals surface area contributed by atoms with Crippen molar-refractivity contribution in [2.75, 3.05) is 26.4 Å². The predicted octanol–water partition coefficient (Wildman–Crippen LogP) is 4.84. The van der Waals surface area contributed by atoms with Crippen LogP contribution in [0.3, 0.4) is 0 Å². The molecule has 0 heterocycles. The van der Waals surface area contributed by atoms with Crippen molar-refractivity contribution in [2.24, 2.45) is 0 Å². The van der Waals surface area contributed by atoms with Crippen LogP contribution in [0.1, 0.15) is 0 Å². The molecule has 2 unspecified atom stereocenters. The molecular weight excluding hydrogens is 486 g/mol. The number of hydrogen-bond acceptors (Lipinski definition) is 8. The van der Waals surface area contributed by atoms with Gasteiger partial charge in [-0.15, -0.1) is 0 Å². The van der Waals surface area contributed by atoms with Crippen molar-refractivity contribution < 1.29 is 46.5 Å². The van der Waals surface area contributed by atoms with Gasteiger partial charge in [0.25, 0.3) is 0 Å². The highest BCUT2D eigenvalue weighted by molar-refractivity contribution is 7.48. The molecule has 0 fully saturated rings. The van der Waals surface area contributed by atoms with Gasteiger partial charge < -0.3 is 18.5 Å².